The zero-order valence-corrected chi connectivity index (χ0v) is 17.8. The molecule has 0 unspecified atom stereocenters. The summed E-state index contributed by atoms with van der Waals surface area (Å²) in [6, 6.07) is 5.40. The van der Waals surface area contributed by atoms with Crippen molar-refractivity contribution in [2.75, 3.05) is 13.1 Å². The van der Waals surface area contributed by atoms with E-state index in [1.54, 1.807) is 13.0 Å². The predicted molar refractivity (Wildman–Crippen MR) is 108 cm³/mol. The minimum absolute atomic E-state index is 0. The molecule has 29 heavy (non-hydrogen) atoms. The molecule has 1 aliphatic heterocycles. The summed E-state index contributed by atoms with van der Waals surface area (Å²) in [5.41, 5.74) is 1.30. The molecule has 0 radical (unpaired) electrons. The fourth-order valence-electron chi connectivity index (χ4n) is 3.51. The minimum atomic E-state index is -3.07. The number of amides is 1. The number of carbonyl (C=O) groups is 1. The molecule has 0 N–H and O–H groups in total. The molecule has 2 aromatic heterocycles. The van der Waals surface area contributed by atoms with Gasteiger partial charge in [-0.15, -0.1) is 0 Å². The Hall–Kier alpha value is -2.14. The Bertz CT molecular complexity index is 1080. The molecule has 3 aromatic rings. The van der Waals surface area contributed by atoms with Gasteiger partial charge in [0.2, 0.25) is 0 Å². The third-order valence-corrected chi connectivity index (χ3v) is 5.30. The third kappa shape index (κ3) is 4.25. The van der Waals surface area contributed by atoms with E-state index < -0.39 is 36.5 Å². The van der Waals surface area contributed by atoms with E-state index in [4.69, 9.17) is 0 Å². The average Bonchev–Trinajstić information content (AvgIpc) is 3.09. The standard InChI is InChI=1S/C18H15BrF3N5O.H2S/c1-10-4-15(27-17(25-10)23-9-24-27)12-6-18(21,22)8-26(7-12)16(28)11-2-3-14(20)13(19)5-11;/h2-5,9,12H,6-8H2,1H3;1H2/t12-;/m0./s1. The van der Waals surface area contributed by atoms with Crippen molar-refractivity contribution < 1.29 is 18.0 Å². The van der Waals surface area contributed by atoms with Crippen molar-refractivity contribution in [2.24, 2.45) is 0 Å². The number of rotatable bonds is 2. The summed E-state index contributed by atoms with van der Waals surface area (Å²) in [7, 11) is 0. The fourth-order valence-corrected chi connectivity index (χ4v) is 3.89. The second kappa shape index (κ2) is 7.94. The van der Waals surface area contributed by atoms with Gasteiger partial charge in [-0.1, -0.05) is 0 Å². The first-order valence-corrected chi connectivity index (χ1v) is 9.32. The molecule has 154 valence electrons. The number of alkyl halides is 2. The summed E-state index contributed by atoms with van der Waals surface area (Å²) in [5, 5.41) is 4.08. The van der Waals surface area contributed by atoms with Crippen LogP contribution in [-0.2, 0) is 0 Å². The minimum Gasteiger partial charge on any atom is -0.332 e. The van der Waals surface area contributed by atoms with Gasteiger partial charge in [0.05, 0.1) is 16.7 Å². The van der Waals surface area contributed by atoms with Gasteiger partial charge in [0, 0.05) is 30.1 Å². The fraction of sp³-hybridized carbons (Fsp3) is 0.333. The Kier molecular flexibility index (Phi) is 5.91. The molecule has 4 rings (SSSR count). The van der Waals surface area contributed by atoms with Crippen molar-refractivity contribution in [3.63, 3.8) is 0 Å². The Labute approximate surface area is 179 Å². The molecule has 1 saturated heterocycles. The van der Waals surface area contributed by atoms with Crippen LogP contribution in [0.4, 0.5) is 13.2 Å². The van der Waals surface area contributed by atoms with Crippen molar-refractivity contribution in [3.8, 4) is 0 Å². The lowest BCUT2D eigenvalue weighted by Gasteiger charge is -2.37. The van der Waals surface area contributed by atoms with E-state index in [0.29, 0.717) is 17.2 Å². The van der Waals surface area contributed by atoms with Crippen LogP contribution in [0.2, 0.25) is 0 Å². The largest absolute Gasteiger partial charge is 0.332 e. The van der Waals surface area contributed by atoms with Gasteiger partial charge in [0.1, 0.15) is 12.1 Å². The average molecular weight is 488 g/mol. The van der Waals surface area contributed by atoms with Gasteiger partial charge in [-0.3, -0.25) is 4.79 Å². The SMILES string of the molecule is Cc1cc([C@@H]2CN(C(=O)c3ccc(F)c(Br)c3)CC(F)(F)C2)n2ncnc2n1.S. The molecule has 1 atom stereocenters. The van der Waals surface area contributed by atoms with E-state index >= 15 is 0 Å². The number of fused-ring (bicyclic) bond motifs is 1. The monoisotopic (exact) mass is 487 g/mol. The molecule has 1 aliphatic rings. The quantitative estimate of drug-likeness (QED) is 0.552. The number of carbonyl (C=O) groups excluding carboxylic acids is 1. The Balaban J connectivity index is 0.00000240. The van der Waals surface area contributed by atoms with Crippen molar-refractivity contribution in [3.05, 3.63) is 57.8 Å². The summed E-state index contributed by atoms with van der Waals surface area (Å²) in [5.74, 6) is -4.50. The van der Waals surface area contributed by atoms with Crippen molar-refractivity contribution in [1.29, 1.82) is 0 Å². The van der Waals surface area contributed by atoms with Crippen LogP contribution in [0.5, 0.6) is 0 Å². The third-order valence-electron chi connectivity index (χ3n) is 4.69. The van der Waals surface area contributed by atoms with Gasteiger partial charge in [-0.2, -0.15) is 23.6 Å². The molecular weight excluding hydrogens is 471 g/mol. The number of hydrogen-bond donors (Lipinski definition) is 0. The van der Waals surface area contributed by atoms with Crippen molar-refractivity contribution in [2.45, 2.75) is 25.2 Å². The van der Waals surface area contributed by atoms with Gasteiger partial charge in [0.25, 0.3) is 17.6 Å². The first-order valence-electron chi connectivity index (χ1n) is 8.53. The van der Waals surface area contributed by atoms with E-state index in [-0.39, 0.29) is 30.1 Å². The van der Waals surface area contributed by atoms with Gasteiger partial charge in [-0.25, -0.2) is 22.7 Å². The van der Waals surface area contributed by atoms with Gasteiger partial charge < -0.3 is 4.90 Å². The molecule has 1 aromatic carbocycles. The highest BCUT2D eigenvalue weighted by molar-refractivity contribution is 9.10. The second-order valence-electron chi connectivity index (χ2n) is 6.87. The van der Waals surface area contributed by atoms with Gasteiger partial charge in [0.15, 0.2) is 0 Å². The molecule has 0 aliphatic carbocycles. The van der Waals surface area contributed by atoms with Crippen LogP contribution in [0, 0.1) is 12.7 Å². The molecule has 1 amide bonds. The highest BCUT2D eigenvalue weighted by Gasteiger charge is 2.43. The van der Waals surface area contributed by atoms with E-state index in [1.165, 1.54) is 23.0 Å². The lowest BCUT2D eigenvalue weighted by atomic mass is 9.91. The zero-order chi connectivity index (χ0) is 20.1. The summed E-state index contributed by atoms with van der Waals surface area (Å²) < 4.78 is 44.0. The van der Waals surface area contributed by atoms with Crippen LogP contribution in [0.1, 0.15) is 34.1 Å². The number of nitrogens with zero attached hydrogens (tertiary/aromatic N) is 5. The predicted octanol–water partition coefficient (Wildman–Crippen LogP) is 3.71. The molecule has 1 fully saturated rings. The van der Waals surface area contributed by atoms with E-state index in [1.807, 2.05) is 0 Å². The number of piperidine rings is 1. The van der Waals surface area contributed by atoms with Crippen LogP contribution < -0.4 is 0 Å². The lowest BCUT2D eigenvalue weighted by Crippen LogP contribution is -2.49. The van der Waals surface area contributed by atoms with Crippen LogP contribution in [-0.4, -0.2) is 49.4 Å². The van der Waals surface area contributed by atoms with Crippen LogP contribution in [0.15, 0.2) is 35.1 Å². The summed E-state index contributed by atoms with van der Waals surface area (Å²) >= 11 is 3.02. The highest BCUT2D eigenvalue weighted by Crippen LogP contribution is 2.37. The number of aryl methyl sites for hydroxylation is 1. The zero-order valence-electron chi connectivity index (χ0n) is 15.2. The first kappa shape index (κ1) is 21.6. The number of aromatic nitrogens is 4. The number of hydrogen-bond acceptors (Lipinski definition) is 4. The summed E-state index contributed by atoms with van der Waals surface area (Å²) in [6.45, 7) is 1.14. The van der Waals surface area contributed by atoms with E-state index in [9.17, 15) is 18.0 Å². The molecule has 11 heteroatoms. The second-order valence-corrected chi connectivity index (χ2v) is 7.72. The van der Waals surface area contributed by atoms with Crippen LogP contribution in [0.3, 0.4) is 0 Å². The smallest absolute Gasteiger partial charge is 0.266 e. The van der Waals surface area contributed by atoms with E-state index in [0.717, 1.165) is 11.0 Å². The number of halogens is 4. The first-order chi connectivity index (χ1) is 13.2. The maximum Gasteiger partial charge on any atom is 0.266 e. The maximum absolute atomic E-state index is 14.5. The topological polar surface area (TPSA) is 63.4 Å². The molecule has 3 heterocycles. The Morgan fingerprint density at radius 1 is 1.31 bits per heavy atom. The van der Waals surface area contributed by atoms with Crippen LogP contribution >= 0.6 is 29.4 Å². The van der Waals surface area contributed by atoms with Crippen molar-refractivity contribution >= 4 is 41.1 Å². The number of benzene rings is 1. The molecule has 0 saturated carbocycles. The molecule has 0 spiro atoms. The highest BCUT2D eigenvalue weighted by atomic mass is 79.9. The summed E-state index contributed by atoms with van der Waals surface area (Å²) in [6.07, 6.45) is 0.896. The van der Waals surface area contributed by atoms with Crippen molar-refractivity contribution in [1.82, 2.24) is 24.5 Å². The lowest BCUT2D eigenvalue weighted by molar-refractivity contribution is -0.0641. The van der Waals surface area contributed by atoms with Gasteiger partial charge >= 0.3 is 0 Å². The Morgan fingerprint density at radius 3 is 2.79 bits per heavy atom. The molecule has 6 nitrogen and oxygen atoms in total. The Morgan fingerprint density at radius 2 is 2.07 bits per heavy atom. The normalized spacial score (nSPS) is 18.5. The van der Waals surface area contributed by atoms with Crippen LogP contribution in [0.25, 0.3) is 5.78 Å². The molecular formula is C18H17BrF3N5OS. The van der Waals surface area contributed by atoms with Gasteiger partial charge in [-0.05, 0) is 47.1 Å². The van der Waals surface area contributed by atoms with E-state index in [2.05, 4.69) is 31.0 Å². The maximum atomic E-state index is 14.5. The molecule has 0 bridgehead atoms. The summed E-state index contributed by atoms with van der Waals surface area (Å²) in [4.78, 5) is 22.2. The number of likely N-dealkylation sites (tertiary alicyclic amines) is 1.